The molecule has 0 spiro atoms. The van der Waals surface area contributed by atoms with Gasteiger partial charge in [-0.1, -0.05) is 28.9 Å². The minimum Gasteiger partial charge on any atom is -0.273 e. The summed E-state index contributed by atoms with van der Waals surface area (Å²) in [5.41, 5.74) is 0.694. The van der Waals surface area contributed by atoms with E-state index in [1.54, 1.807) is 12.1 Å². The summed E-state index contributed by atoms with van der Waals surface area (Å²) >= 11 is 9.19. The van der Waals surface area contributed by atoms with Gasteiger partial charge in [0.05, 0.1) is 5.69 Å². The van der Waals surface area contributed by atoms with Gasteiger partial charge in [-0.15, -0.1) is 0 Å². The lowest BCUT2D eigenvalue weighted by molar-refractivity contribution is -0.117. The van der Waals surface area contributed by atoms with Crippen molar-refractivity contribution in [3.05, 3.63) is 28.7 Å². The van der Waals surface area contributed by atoms with E-state index in [1.165, 1.54) is 0 Å². The van der Waals surface area contributed by atoms with Crippen LogP contribution < -0.4 is 4.42 Å². The third-order valence-electron chi connectivity index (χ3n) is 1.72. The molecule has 0 saturated carbocycles. The molecule has 1 aromatic carbocycles. The van der Waals surface area contributed by atoms with Crippen LogP contribution in [0.1, 0.15) is 19.8 Å². The van der Waals surface area contributed by atoms with Crippen molar-refractivity contribution >= 4 is 39.3 Å². The molecule has 2 nitrogen and oxygen atoms in total. The molecule has 0 N–H and O–H groups in total. The second-order valence-electron chi connectivity index (χ2n) is 2.90. The summed E-state index contributed by atoms with van der Waals surface area (Å²) in [6.45, 7) is 1.95. The van der Waals surface area contributed by atoms with Crippen LogP contribution >= 0.6 is 27.7 Å². The van der Waals surface area contributed by atoms with Crippen molar-refractivity contribution in [3.63, 3.8) is 0 Å². The third-order valence-corrected chi connectivity index (χ3v) is 2.59. The molecule has 0 aromatic heterocycles. The highest BCUT2D eigenvalue weighted by Gasteiger charge is 2.11. The van der Waals surface area contributed by atoms with E-state index in [-0.39, 0.29) is 5.91 Å². The molecule has 0 saturated heterocycles. The normalized spacial score (nSPS) is 9.93. The van der Waals surface area contributed by atoms with Gasteiger partial charge in [0.1, 0.15) is 0 Å². The second kappa shape index (κ2) is 5.37. The Labute approximate surface area is 97.1 Å². The zero-order valence-electron chi connectivity index (χ0n) is 7.84. The summed E-state index contributed by atoms with van der Waals surface area (Å²) in [6.07, 6.45) is 1.27. The van der Waals surface area contributed by atoms with Crippen LogP contribution in [0.25, 0.3) is 0 Å². The van der Waals surface area contributed by atoms with E-state index in [0.29, 0.717) is 12.1 Å². The maximum absolute atomic E-state index is 11.4. The number of carbonyl (C=O) groups excluding carboxylic acids is 1. The van der Waals surface area contributed by atoms with Gasteiger partial charge in [0.2, 0.25) is 5.91 Å². The van der Waals surface area contributed by atoms with Gasteiger partial charge in [-0.25, -0.2) is 4.42 Å². The number of hydrogen-bond acceptors (Lipinski definition) is 1. The molecule has 14 heavy (non-hydrogen) atoms. The number of benzene rings is 1. The number of rotatable bonds is 3. The number of amides is 1. The first kappa shape index (κ1) is 11.5. The van der Waals surface area contributed by atoms with E-state index in [1.807, 2.05) is 19.1 Å². The van der Waals surface area contributed by atoms with E-state index >= 15 is 0 Å². The van der Waals surface area contributed by atoms with Crippen molar-refractivity contribution in [2.75, 3.05) is 4.42 Å². The van der Waals surface area contributed by atoms with Gasteiger partial charge >= 0.3 is 0 Å². The average Bonchev–Trinajstić information content (AvgIpc) is 2.17. The van der Waals surface area contributed by atoms with Gasteiger partial charge in [-0.3, -0.25) is 4.79 Å². The van der Waals surface area contributed by atoms with E-state index in [0.717, 1.165) is 15.3 Å². The van der Waals surface area contributed by atoms with Crippen molar-refractivity contribution in [1.82, 2.24) is 0 Å². The van der Waals surface area contributed by atoms with Crippen LogP contribution in [0, 0.1) is 0 Å². The number of hydrogen-bond donors (Lipinski definition) is 0. The molecule has 0 unspecified atom stereocenters. The van der Waals surface area contributed by atoms with Gasteiger partial charge in [0.15, 0.2) is 0 Å². The van der Waals surface area contributed by atoms with Crippen LogP contribution in [0.3, 0.4) is 0 Å². The number of carbonyl (C=O) groups is 1. The summed E-state index contributed by atoms with van der Waals surface area (Å²) in [5, 5.41) is 0. The van der Waals surface area contributed by atoms with E-state index in [2.05, 4.69) is 15.9 Å². The Morgan fingerprint density at radius 2 is 2.29 bits per heavy atom. The standard InChI is InChI=1S/C10H11BrClNO/c1-2-4-10(14)13(12)9-6-3-5-8(11)7-9/h3,5-7H,2,4H2,1H3. The maximum atomic E-state index is 11.4. The van der Waals surface area contributed by atoms with Gasteiger partial charge in [-0.2, -0.15) is 0 Å². The molecule has 0 radical (unpaired) electrons. The first-order chi connectivity index (χ1) is 6.65. The lowest BCUT2D eigenvalue weighted by Gasteiger charge is -2.13. The summed E-state index contributed by atoms with van der Waals surface area (Å²) in [5.74, 6) is -0.0766. The number of nitrogens with zero attached hydrogens (tertiary/aromatic N) is 1. The Balaban J connectivity index is 2.78. The van der Waals surface area contributed by atoms with Gasteiger partial charge in [0, 0.05) is 22.7 Å². The molecule has 0 aliphatic heterocycles. The van der Waals surface area contributed by atoms with Crippen LogP contribution in [-0.2, 0) is 4.79 Å². The maximum Gasteiger partial charge on any atom is 0.241 e. The minimum absolute atomic E-state index is 0.0766. The molecule has 0 aliphatic carbocycles. The van der Waals surface area contributed by atoms with E-state index in [9.17, 15) is 4.79 Å². The van der Waals surface area contributed by atoms with E-state index in [4.69, 9.17) is 11.8 Å². The summed E-state index contributed by atoms with van der Waals surface area (Å²) in [7, 11) is 0. The van der Waals surface area contributed by atoms with Crippen molar-refractivity contribution in [3.8, 4) is 0 Å². The zero-order valence-corrected chi connectivity index (χ0v) is 10.2. The molecule has 1 rings (SSSR count). The lowest BCUT2D eigenvalue weighted by atomic mass is 10.3. The monoisotopic (exact) mass is 275 g/mol. The first-order valence-corrected chi connectivity index (χ1v) is 5.52. The predicted molar refractivity (Wildman–Crippen MR) is 62.4 cm³/mol. The highest BCUT2D eigenvalue weighted by atomic mass is 79.9. The Morgan fingerprint density at radius 3 is 2.86 bits per heavy atom. The Morgan fingerprint density at radius 1 is 1.57 bits per heavy atom. The Kier molecular flexibility index (Phi) is 4.42. The molecule has 4 heteroatoms. The quantitative estimate of drug-likeness (QED) is 0.770. The Bertz CT molecular complexity index is 330. The van der Waals surface area contributed by atoms with Gasteiger partial charge < -0.3 is 0 Å². The molecule has 0 atom stereocenters. The smallest absolute Gasteiger partial charge is 0.241 e. The number of anilines is 1. The van der Waals surface area contributed by atoms with Crippen LogP contribution in [0.5, 0.6) is 0 Å². The highest BCUT2D eigenvalue weighted by Crippen LogP contribution is 2.22. The zero-order chi connectivity index (χ0) is 10.6. The highest BCUT2D eigenvalue weighted by molar-refractivity contribution is 9.10. The van der Waals surface area contributed by atoms with Crippen LogP contribution in [0.15, 0.2) is 28.7 Å². The Hall–Kier alpha value is -0.540. The molecule has 76 valence electrons. The topological polar surface area (TPSA) is 20.3 Å². The second-order valence-corrected chi connectivity index (χ2v) is 4.16. The molecule has 0 heterocycles. The van der Waals surface area contributed by atoms with Gasteiger partial charge in [0.25, 0.3) is 0 Å². The summed E-state index contributed by atoms with van der Waals surface area (Å²) in [6, 6.07) is 7.33. The molecule has 0 aliphatic rings. The van der Waals surface area contributed by atoms with Crippen molar-refractivity contribution in [2.24, 2.45) is 0 Å². The predicted octanol–water partition coefficient (Wildman–Crippen LogP) is 3.74. The summed E-state index contributed by atoms with van der Waals surface area (Å²) in [4.78, 5) is 11.4. The van der Waals surface area contributed by atoms with Crippen molar-refractivity contribution in [2.45, 2.75) is 19.8 Å². The van der Waals surface area contributed by atoms with Crippen LogP contribution in [0.2, 0.25) is 0 Å². The molecule has 0 fully saturated rings. The first-order valence-electron chi connectivity index (χ1n) is 4.39. The van der Waals surface area contributed by atoms with Crippen molar-refractivity contribution < 1.29 is 4.79 Å². The van der Waals surface area contributed by atoms with Gasteiger partial charge in [-0.05, 0) is 24.6 Å². The molecular formula is C10H11BrClNO. The lowest BCUT2D eigenvalue weighted by Crippen LogP contribution is -2.19. The summed E-state index contributed by atoms with van der Waals surface area (Å²) < 4.78 is 2.07. The van der Waals surface area contributed by atoms with Crippen molar-refractivity contribution in [1.29, 1.82) is 0 Å². The molecule has 0 bridgehead atoms. The number of halogens is 2. The fraction of sp³-hybridized carbons (Fsp3) is 0.300. The van der Waals surface area contributed by atoms with E-state index < -0.39 is 0 Å². The third kappa shape index (κ3) is 3.00. The molecule has 1 amide bonds. The fourth-order valence-corrected chi connectivity index (χ4v) is 1.63. The van der Waals surface area contributed by atoms with Crippen LogP contribution in [-0.4, -0.2) is 5.91 Å². The molecule has 1 aromatic rings. The van der Waals surface area contributed by atoms with Crippen LogP contribution in [0.4, 0.5) is 5.69 Å². The fourth-order valence-electron chi connectivity index (χ4n) is 1.05. The largest absolute Gasteiger partial charge is 0.273 e. The molecular weight excluding hydrogens is 265 g/mol. The average molecular weight is 277 g/mol. The SMILES string of the molecule is CCCC(=O)N(Cl)c1cccc(Br)c1. The minimum atomic E-state index is -0.0766.